The number of hydrogen-bond donors (Lipinski definition) is 3. The molecule has 1 amide bonds. The maximum atomic E-state index is 12.3. The molecule has 6 nitrogen and oxygen atoms in total. The van der Waals surface area contributed by atoms with Gasteiger partial charge in [0, 0.05) is 18.2 Å². The molecule has 0 aromatic carbocycles. The van der Waals surface area contributed by atoms with Crippen LogP contribution in [0.5, 0.6) is 0 Å². The molecule has 2 aromatic rings. The van der Waals surface area contributed by atoms with Gasteiger partial charge in [-0.2, -0.15) is 5.10 Å². The second-order valence-electron chi connectivity index (χ2n) is 5.54. The number of aromatic amines is 1. The van der Waals surface area contributed by atoms with Crippen molar-refractivity contribution < 1.29 is 9.21 Å². The van der Waals surface area contributed by atoms with Gasteiger partial charge >= 0.3 is 0 Å². The van der Waals surface area contributed by atoms with Crippen LogP contribution in [0, 0.1) is 6.92 Å². The van der Waals surface area contributed by atoms with Crippen LogP contribution in [-0.2, 0) is 0 Å². The number of piperidine rings is 1. The Kier molecular flexibility index (Phi) is 3.79. The predicted molar refractivity (Wildman–Crippen MR) is 79.0 cm³/mol. The highest BCUT2D eigenvalue weighted by atomic mass is 16.3. The molecule has 0 radical (unpaired) electrons. The Morgan fingerprint density at radius 1 is 1.48 bits per heavy atom. The summed E-state index contributed by atoms with van der Waals surface area (Å²) in [5.74, 6) is 1.36. The molecule has 1 fully saturated rings. The molecular weight excluding hydrogens is 268 g/mol. The number of nitrogens with one attached hydrogen (secondary N) is 3. The zero-order chi connectivity index (χ0) is 14.8. The largest absolute Gasteiger partial charge is 0.460 e. The van der Waals surface area contributed by atoms with Gasteiger partial charge in [0.2, 0.25) is 0 Å². The Balaban J connectivity index is 1.69. The molecule has 0 bridgehead atoms. The van der Waals surface area contributed by atoms with Gasteiger partial charge in [-0.3, -0.25) is 9.89 Å². The topological polar surface area (TPSA) is 83.0 Å². The van der Waals surface area contributed by atoms with Crippen molar-refractivity contribution >= 4 is 5.91 Å². The maximum Gasteiger partial charge on any atom is 0.272 e. The van der Waals surface area contributed by atoms with Crippen LogP contribution in [-0.4, -0.2) is 34.7 Å². The highest BCUT2D eigenvalue weighted by Gasteiger charge is 2.24. The maximum absolute atomic E-state index is 12.3. The normalized spacial score (nSPS) is 22.2. The third-order valence-electron chi connectivity index (χ3n) is 3.89. The van der Waals surface area contributed by atoms with Crippen molar-refractivity contribution in [2.75, 3.05) is 6.54 Å². The van der Waals surface area contributed by atoms with Gasteiger partial charge in [0.25, 0.3) is 5.91 Å². The molecule has 2 atom stereocenters. The molecule has 1 saturated heterocycles. The Morgan fingerprint density at radius 3 is 3.05 bits per heavy atom. The zero-order valence-corrected chi connectivity index (χ0v) is 12.3. The third kappa shape index (κ3) is 3.00. The number of nitrogens with zero attached hydrogens (tertiary/aromatic N) is 1. The standard InChI is InChI=1S/C15H20N4O2/c1-9-5-6-14(21-9)12-8-13(19-18-12)15(20)17-11-4-3-7-16-10(11)2/h5-6,8,10-11,16H,3-4,7H2,1-2H3,(H,17,20)(H,18,19). The summed E-state index contributed by atoms with van der Waals surface area (Å²) in [6, 6.07) is 5.89. The molecule has 2 unspecified atom stereocenters. The second-order valence-corrected chi connectivity index (χ2v) is 5.54. The minimum atomic E-state index is -0.152. The smallest absolute Gasteiger partial charge is 0.272 e. The molecule has 0 aliphatic carbocycles. The highest BCUT2D eigenvalue weighted by molar-refractivity contribution is 5.93. The number of hydrogen-bond acceptors (Lipinski definition) is 4. The first-order chi connectivity index (χ1) is 10.1. The molecule has 0 saturated carbocycles. The van der Waals surface area contributed by atoms with E-state index in [1.54, 1.807) is 6.07 Å². The molecule has 3 rings (SSSR count). The quantitative estimate of drug-likeness (QED) is 0.805. The van der Waals surface area contributed by atoms with E-state index in [4.69, 9.17) is 4.42 Å². The number of furan rings is 1. The van der Waals surface area contributed by atoms with Crippen molar-refractivity contribution in [3.8, 4) is 11.5 Å². The predicted octanol–water partition coefficient (Wildman–Crippen LogP) is 1.85. The average molecular weight is 288 g/mol. The van der Waals surface area contributed by atoms with Crippen molar-refractivity contribution in [3.05, 3.63) is 29.7 Å². The van der Waals surface area contributed by atoms with Gasteiger partial charge in [-0.1, -0.05) is 0 Å². The van der Waals surface area contributed by atoms with Gasteiger partial charge in [0.05, 0.1) is 0 Å². The lowest BCUT2D eigenvalue weighted by Crippen LogP contribution is -2.51. The van der Waals surface area contributed by atoms with E-state index in [0.717, 1.165) is 25.1 Å². The van der Waals surface area contributed by atoms with Crippen LogP contribution in [0.25, 0.3) is 11.5 Å². The van der Waals surface area contributed by atoms with Gasteiger partial charge < -0.3 is 15.1 Å². The first-order valence-electron chi connectivity index (χ1n) is 7.30. The van der Waals surface area contributed by atoms with Gasteiger partial charge in [-0.15, -0.1) is 0 Å². The molecule has 6 heteroatoms. The first kappa shape index (κ1) is 13.9. The minimum Gasteiger partial charge on any atom is -0.460 e. The summed E-state index contributed by atoms with van der Waals surface area (Å²) < 4.78 is 5.52. The van der Waals surface area contributed by atoms with Crippen LogP contribution in [0.15, 0.2) is 22.6 Å². The molecular formula is C15H20N4O2. The Bertz CT molecular complexity index is 631. The van der Waals surface area contributed by atoms with E-state index in [0.29, 0.717) is 17.1 Å². The lowest BCUT2D eigenvalue weighted by molar-refractivity contribution is 0.0914. The lowest BCUT2D eigenvalue weighted by atomic mass is 10.00. The third-order valence-corrected chi connectivity index (χ3v) is 3.89. The monoisotopic (exact) mass is 288 g/mol. The lowest BCUT2D eigenvalue weighted by Gasteiger charge is -2.30. The zero-order valence-electron chi connectivity index (χ0n) is 12.3. The van der Waals surface area contributed by atoms with Crippen molar-refractivity contribution in [2.24, 2.45) is 0 Å². The number of rotatable bonds is 3. The summed E-state index contributed by atoms with van der Waals surface area (Å²) >= 11 is 0. The molecule has 1 aliphatic heterocycles. The molecule has 0 spiro atoms. The first-order valence-corrected chi connectivity index (χ1v) is 7.30. The number of amides is 1. The molecule has 3 heterocycles. The Labute approximate surface area is 123 Å². The van der Waals surface area contributed by atoms with Crippen LogP contribution in [0.1, 0.15) is 36.0 Å². The van der Waals surface area contributed by atoms with Crippen LogP contribution in [0.3, 0.4) is 0 Å². The fourth-order valence-electron chi connectivity index (χ4n) is 2.63. The van der Waals surface area contributed by atoms with Gasteiger partial charge in [0.1, 0.15) is 11.5 Å². The van der Waals surface area contributed by atoms with E-state index in [1.807, 2.05) is 19.1 Å². The van der Waals surface area contributed by atoms with Gasteiger partial charge in [-0.25, -0.2) is 0 Å². The van der Waals surface area contributed by atoms with E-state index in [2.05, 4.69) is 27.8 Å². The van der Waals surface area contributed by atoms with E-state index < -0.39 is 0 Å². The fraction of sp³-hybridized carbons (Fsp3) is 0.467. The van der Waals surface area contributed by atoms with Gasteiger partial charge in [0.15, 0.2) is 11.5 Å². The van der Waals surface area contributed by atoms with E-state index in [1.165, 1.54) is 0 Å². The second kappa shape index (κ2) is 5.73. The summed E-state index contributed by atoms with van der Waals surface area (Å²) in [6.45, 7) is 4.98. The summed E-state index contributed by atoms with van der Waals surface area (Å²) in [4.78, 5) is 12.3. The van der Waals surface area contributed by atoms with Crippen molar-refractivity contribution in [1.29, 1.82) is 0 Å². The Hall–Kier alpha value is -2.08. The van der Waals surface area contributed by atoms with Gasteiger partial charge in [-0.05, 0) is 45.4 Å². The molecule has 3 N–H and O–H groups in total. The van der Waals surface area contributed by atoms with Crippen LogP contribution in [0.2, 0.25) is 0 Å². The highest BCUT2D eigenvalue weighted by Crippen LogP contribution is 2.20. The summed E-state index contributed by atoms with van der Waals surface area (Å²) in [7, 11) is 0. The number of aryl methyl sites for hydroxylation is 1. The number of carbonyl (C=O) groups is 1. The molecule has 112 valence electrons. The van der Waals surface area contributed by atoms with Crippen LogP contribution < -0.4 is 10.6 Å². The molecule has 1 aliphatic rings. The van der Waals surface area contributed by atoms with E-state index >= 15 is 0 Å². The average Bonchev–Trinajstić information content (AvgIpc) is 3.10. The van der Waals surface area contributed by atoms with E-state index in [9.17, 15) is 4.79 Å². The molecule has 21 heavy (non-hydrogen) atoms. The number of carbonyl (C=O) groups excluding carboxylic acids is 1. The number of aromatic nitrogens is 2. The summed E-state index contributed by atoms with van der Waals surface area (Å²) in [5.41, 5.74) is 1.10. The van der Waals surface area contributed by atoms with Crippen molar-refractivity contribution in [3.63, 3.8) is 0 Å². The summed E-state index contributed by atoms with van der Waals surface area (Å²) in [5, 5.41) is 13.3. The van der Waals surface area contributed by atoms with Crippen molar-refractivity contribution in [1.82, 2.24) is 20.8 Å². The summed E-state index contributed by atoms with van der Waals surface area (Å²) in [6.07, 6.45) is 2.07. The van der Waals surface area contributed by atoms with Crippen LogP contribution >= 0.6 is 0 Å². The Morgan fingerprint density at radius 2 is 2.33 bits per heavy atom. The van der Waals surface area contributed by atoms with E-state index in [-0.39, 0.29) is 18.0 Å². The fourth-order valence-corrected chi connectivity index (χ4v) is 2.63. The minimum absolute atomic E-state index is 0.150. The van der Waals surface area contributed by atoms with Crippen molar-refractivity contribution in [2.45, 2.75) is 38.8 Å². The molecule has 2 aromatic heterocycles. The number of H-pyrrole nitrogens is 1. The van der Waals surface area contributed by atoms with Crippen LogP contribution in [0.4, 0.5) is 0 Å². The SMILES string of the molecule is Cc1ccc(-c2cc(C(=O)NC3CCCNC3C)n[nH]2)o1.